The van der Waals surface area contributed by atoms with Crippen LogP contribution in [0.25, 0.3) is 0 Å². The molecule has 1 aliphatic rings. The molecular weight excluding hydrogens is 306 g/mol. The van der Waals surface area contributed by atoms with Crippen molar-refractivity contribution in [3.63, 3.8) is 0 Å². The molecule has 23 heavy (non-hydrogen) atoms. The normalized spacial score (nSPS) is 28.1. The Balaban J connectivity index is 3.33. The van der Waals surface area contributed by atoms with E-state index in [4.69, 9.17) is 9.47 Å². The highest BCUT2D eigenvalue weighted by Crippen LogP contribution is 2.39. The zero-order chi connectivity index (χ0) is 18.3. The minimum atomic E-state index is -3.22. The minimum absolute atomic E-state index is 0.767. The molecule has 6 nitrogen and oxygen atoms in total. The van der Waals surface area contributed by atoms with Crippen molar-refractivity contribution >= 4 is 11.9 Å². The fraction of sp³-hybridized carbons (Fsp3) is 0.625. The van der Waals surface area contributed by atoms with E-state index in [2.05, 4.69) is 0 Å². The van der Waals surface area contributed by atoms with Gasteiger partial charge in [-0.25, -0.2) is 14.0 Å². The van der Waals surface area contributed by atoms with Crippen LogP contribution in [0.1, 0.15) is 41.5 Å². The maximum Gasteiger partial charge on any atom is 0.350 e. The van der Waals surface area contributed by atoms with Crippen molar-refractivity contribution in [2.75, 3.05) is 0 Å². The molecule has 0 radical (unpaired) electrons. The molecule has 130 valence electrons. The summed E-state index contributed by atoms with van der Waals surface area (Å²) in [6.07, 6.45) is 2.58. The van der Waals surface area contributed by atoms with Crippen LogP contribution in [0, 0.1) is 0 Å². The van der Waals surface area contributed by atoms with Gasteiger partial charge < -0.3 is 19.7 Å². The summed E-state index contributed by atoms with van der Waals surface area (Å²) >= 11 is 0. The first-order valence-electron chi connectivity index (χ1n) is 7.10. The molecule has 0 amide bonds. The van der Waals surface area contributed by atoms with Gasteiger partial charge in [0.05, 0.1) is 0 Å². The van der Waals surface area contributed by atoms with Crippen LogP contribution >= 0.6 is 0 Å². The van der Waals surface area contributed by atoms with Gasteiger partial charge in [-0.3, -0.25) is 0 Å². The fourth-order valence-electron chi connectivity index (χ4n) is 1.87. The highest BCUT2D eigenvalue weighted by Gasteiger charge is 2.65. The van der Waals surface area contributed by atoms with Crippen molar-refractivity contribution < 1.29 is 33.7 Å². The van der Waals surface area contributed by atoms with E-state index in [1.54, 1.807) is 0 Å². The summed E-state index contributed by atoms with van der Waals surface area (Å²) in [5, 5.41) is 21.1. The zero-order valence-electron chi connectivity index (χ0n) is 14.1. The Labute approximate surface area is 134 Å². The van der Waals surface area contributed by atoms with Crippen molar-refractivity contribution in [3.05, 3.63) is 24.1 Å². The summed E-state index contributed by atoms with van der Waals surface area (Å²) in [6, 6.07) is 0. The summed E-state index contributed by atoms with van der Waals surface area (Å²) in [5.74, 6) is -4.27. The number of aliphatic hydroxyl groups is 2. The van der Waals surface area contributed by atoms with E-state index in [1.807, 2.05) is 0 Å². The van der Waals surface area contributed by atoms with Gasteiger partial charge in [-0.2, -0.15) is 0 Å². The molecule has 1 rings (SSSR count). The van der Waals surface area contributed by atoms with Crippen molar-refractivity contribution in [3.8, 4) is 0 Å². The topological polar surface area (TPSA) is 93.1 Å². The molecule has 0 bridgehead atoms. The molecule has 0 aromatic heterocycles. The predicted octanol–water partition coefficient (Wildman–Crippen LogP) is 1.56. The third-order valence-electron chi connectivity index (χ3n) is 2.88. The molecule has 2 unspecified atom stereocenters. The molecular formula is C16H23FO6. The van der Waals surface area contributed by atoms with Crippen LogP contribution in [0.2, 0.25) is 0 Å². The van der Waals surface area contributed by atoms with E-state index in [1.165, 1.54) is 41.5 Å². The van der Waals surface area contributed by atoms with E-state index < -0.39 is 40.2 Å². The van der Waals surface area contributed by atoms with E-state index in [-0.39, 0.29) is 0 Å². The molecule has 0 aromatic rings. The molecule has 2 atom stereocenters. The molecule has 0 aliphatic heterocycles. The van der Waals surface area contributed by atoms with Crippen molar-refractivity contribution in [2.24, 2.45) is 0 Å². The van der Waals surface area contributed by atoms with E-state index in [9.17, 15) is 24.2 Å². The Morgan fingerprint density at radius 2 is 1.43 bits per heavy atom. The van der Waals surface area contributed by atoms with E-state index in [0.717, 1.165) is 18.2 Å². The number of carbonyl (C=O) groups excluding carboxylic acids is 2. The van der Waals surface area contributed by atoms with Crippen LogP contribution in [0.4, 0.5) is 4.39 Å². The summed E-state index contributed by atoms with van der Waals surface area (Å²) in [5.41, 5.74) is -8.25. The Bertz CT molecular complexity index is 566. The van der Waals surface area contributed by atoms with Crippen LogP contribution in [-0.4, -0.2) is 44.6 Å². The average molecular weight is 329 g/mol. The Morgan fingerprint density at radius 3 is 1.87 bits per heavy atom. The first kappa shape index (κ1) is 19.3. The van der Waals surface area contributed by atoms with Gasteiger partial charge in [0, 0.05) is 0 Å². The van der Waals surface area contributed by atoms with Gasteiger partial charge in [0.1, 0.15) is 17.0 Å². The van der Waals surface area contributed by atoms with Crippen molar-refractivity contribution in [2.45, 2.75) is 63.9 Å². The average Bonchev–Trinajstić information content (AvgIpc) is 2.31. The first-order valence-corrected chi connectivity index (χ1v) is 7.10. The molecule has 2 N–H and O–H groups in total. The maximum atomic E-state index is 14.2. The second-order valence-electron chi connectivity index (χ2n) is 7.35. The van der Waals surface area contributed by atoms with Gasteiger partial charge in [-0.05, 0) is 53.7 Å². The summed E-state index contributed by atoms with van der Waals surface area (Å²) in [7, 11) is 0. The lowest BCUT2D eigenvalue weighted by molar-refractivity contribution is -0.211. The second kappa shape index (κ2) is 5.72. The molecule has 0 saturated heterocycles. The Morgan fingerprint density at radius 1 is 1.00 bits per heavy atom. The third kappa shape index (κ3) is 3.79. The van der Waals surface area contributed by atoms with Crippen LogP contribution in [-0.2, 0) is 19.1 Å². The third-order valence-corrected chi connectivity index (χ3v) is 2.88. The second-order valence-corrected chi connectivity index (χ2v) is 7.35. The van der Waals surface area contributed by atoms with Gasteiger partial charge >= 0.3 is 11.9 Å². The summed E-state index contributed by atoms with van der Waals surface area (Å²) in [6.45, 7) is 9.09. The summed E-state index contributed by atoms with van der Waals surface area (Å²) < 4.78 is 24.2. The predicted molar refractivity (Wildman–Crippen MR) is 79.9 cm³/mol. The molecule has 0 saturated carbocycles. The number of halogens is 1. The quantitative estimate of drug-likeness (QED) is 0.747. The fourth-order valence-corrected chi connectivity index (χ4v) is 1.87. The van der Waals surface area contributed by atoms with Gasteiger partial charge in [0.2, 0.25) is 5.60 Å². The molecule has 7 heteroatoms. The van der Waals surface area contributed by atoms with Crippen LogP contribution in [0.3, 0.4) is 0 Å². The first-order chi connectivity index (χ1) is 10.1. The lowest BCUT2D eigenvalue weighted by atomic mass is 9.78. The standard InChI is InChI=1S/C16H23FO6/c1-13(2,3)22-11(18)15(20)9-7-8-10(17)16(15,21)12(19)23-14(4,5)6/h7-9,20-21H,1-6H3/i17-1. The smallest absolute Gasteiger partial charge is 0.350 e. The monoisotopic (exact) mass is 329 g/mol. The number of ether oxygens (including phenoxy) is 2. The highest BCUT2D eigenvalue weighted by atomic mass is 18.2. The number of rotatable bonds is 2. The molecule has 0 aromatic carbocycles. The number of allylic oxidation sites excluding steroid dienone is 2. The Kier molecular flexibility index (Phi) is 4.81. The maximum absolute atomic E-state index is 14.2. The SMILES string of the molecule is CC(C)(C)OC(=O)C1(O)C=CC=C([18F])C1(O)C(=O)OC(C)(C)C. The molecule has 0 spiro atoms. The zero-order valence-corrected chi connectivity index (χ0v) is 14.1. The van der Waals surface area contributed by atoms with Crippen LogP contribution in [0.15, 0.2) is 24.1 Å². The lowest BCUT2D eigenvalue weighted by Gasteiger charge is -2.40. The summed E-state index contributed by atoms with van der Waals surface area (Å²) in [4.78, 5) is 24.6. The minimum Gasteiger partial charge on any atom is -0.457 e. The van der Waals surface area contributed by atoms with Crippen LogP contribution < -0.4 is 0 Å². The number of hydrogen-bond acceptors (Lipinski definition) is 6. The molecule has 1 aliphatic carbocycles. The number of carbonyl (C=O) groups is 2. The largest absolute Gasteiger partial charge is 0.457 e. The van der Waals surface area contributed by atoms with E-state index in [0.29, 0.717) is 0 Å². The van der Waals surface area contributed by atoms with Crippen LogP contribution in [0.5, 0.6) is 0 Å². The molecule has 0 heterocycles. The van der Waals surface area contributed by atoms with Crippen molar-refractivity contribution in [1.29, 1.82) is 0 Å². The van der Waals surface area contributed by atoms with Gasteiger partial charge in [0.25, 0.3) is 5.60 Å². The van der Waals surface area contributed by atoms with Gasteiger partial charge in [-0.1, -0.05) is 6.08 Å². The Hall–Kier alpha value is -1.73. The van der Waals surface area contributed by atoms with E-state index >= 15 is 0 Å². The van der Waals surface area contributed by atoms with Crippen molar-refractivity contribution in [1.82, 2.24) is 0 Å². The number of esters is 2. The van der Waals surface area contributed by atoms with Gasteiger partial charge in [0.15, 0.2) is 0 Å². The van der Waals surface area contributed by atoms with Gasteiger partial charge in [-0.15, -0.1) is 0 Å². The number of hydrogen-bond donors (Lipinski definition) is 2. The highest BCUT2D eigenvalue weighted by molar-refractivity contribution is 5.97. The lowest BCUT2D eigenvalue weighted by Crippen LogP contribution is -2.66. The molecule has 0 fully saturated rings.